The van der Waals surface area contributed by atoms with Gasteiger partial charge in [-0.05, 0) is 35.5 Å². The molecule has 3 heteroatoms. The Morgan fingerprint density at radius 3 is 2.20 bits per heavy atom. The topological polar surface area (TPSA) is 3.88 Å². The lowest BCUT2D eigenvalue weighted by molar-refractivity contribution is -0.687. The molecule has 1 aromatic rings. The molecule has 1 aliphatic heterocycles. The molecule has 0 unspecified atom stereocenters. The highest BCUT2D eigenvalue weighted by atomic mass is 32.2. The Hall–Kier alpha value is -0.410. The zero-order valence-electron chi connectivity index (χ0n) is 16.0. The van der Waals surface area contributed by atoms with Crippen molar-refractivity contribution in [1.29, 1.82) is 0 Å². The molecule has 0 saturated carbocycles. The van der Waals surface area contributed by atoms with E-state index < -0.39 is 0 Å². The average Bonchev–Trinajstić information content (AvgIpc) is 2.65. The Labute approximate surface area is 164 Å². The smallest absolute Gasteiger partial charge is 0.169 e. The molecular formula is C22H36NS2+. The fraction of sp³-hybridized carbons (Fsp3) is 0.682. The average molecular weight is 379 g/mol. The minimum absolute atomic E-state index is 0.633. The predicted octanol–water partition coefficient (Wildman–Crippen LogP) is 6.79. The maximum atomic E-state index is 3.80. The highest BCUT2D eigenvalue weighted by molar-refractivity contribution is 8.16. The van der Waals surface area contributed by atoms with E-state index in [2.05, 4.69) is 66.1 Å². The third kappa shape index (κ3) is 8.21. The third-order valence-electron chi connectivity index (χ3n) is 4.96. The van der Waals surface area contributed by atoms with Gasteiger partial charge in [-0.25, -0.2) is 4.57 Å². The number of hydrogen-bond acceptors (Lipinski definition) is 2. The number of hydrogen-bond donors (Lipinski definition) is 0. The van der Waals surface area contributed by atoms with Crippen molar-refractivity contribution in [2.75, 3.05) is 11.5 Å². The Balaban J connectivity index is 1.56. The lowest BCUT2D eigenvalue weighted by Gasteiger charge is -2.27. The molecule has 1 nitrogen and oxygen atoms in total. The van der Waals surface area contributed by atoms with Gasteiger partial charge in [0.2, 0.25) is 0 Å². The summed E-state index contributed by atoms with van der Waals surface area (Å²) >= 11 is 4.31. The second-order valence-electron chi connectivity index (χ2n) is 7.25. The lowest BCUT2D eigenvalue weighted by Crippen LogP contribution is -2.31. The first kappa shape index (κ1) is 20.9. The van der Waals surface area contributed by atoms with E-state index in [0.29, 0.717) is 4.58 Å². The monoisotopic (exact) mass is 378 g/mol. The Morgan fingerprint density at radius 2 is 1.60 bits per heavy atom. The molecule has 1 aromatic heterocycles. The molecule has 1 aliphatic rings. The first-order valence-electron chi connectivity index (χ1n) is 10.2. The molecule has 1 fully saturated rings. The van der Waals surface area contributed by atoms with Crippen molar-refractivity contribution >= 4 is 23.5 Å². The van der Waals surface area contributed by atoms with Crippen LogP contribution in [0, 0.1) is 5.92 Å². The second kappa shape index (κ2) is 12.9. The van der Waals surface area contributed by atoms with Gasteiger partial charge in [-0.2, -0.15) is 0 Å². The van der Waals surface area contributed by atoms with E-state index in [1.165, 1.54) is 74.9 Å². The number of nitrogens with zero attached hydrogens (tertiary/aromatic N) is 1. The molecule has 2 rings (SSSR count). The van der Waals surface area contributed by atoms with Crippen molar-refractivity contribution in [2.24, 2.45) is 5.92 Å². The maximum Gasteiger partial charge on any atom is 0.169 e. The van der Waals surface area contributed by atoms with Crippen LogP contribution in [0.1, 0.15) is 74.9 Å². The largest absolute Gasteiger partial charge is 0.201 e. The number of unbranched alkanes of at least 4 members (excludes halogenated alkanes) is 7. The van der Waals surface area contributed by atoms with Gasteiger partial charge in [-0.15, -0.1) is 23.5 Å². The summed E-state index contributed by atoms with van der Waals surface area (Å²) in [5.74, 6) is 3.62. The fourth-order valence-corrected chi connectivity index (χ4v) is 6.53. The molecular weight excluding hydrogens is 342 g/mol. The van der Waals surface area contributed by atoms with Crippen LogP contribution in [-0.2, 0) is 6.54 Å². The minimum atomic E-state index is 0.633. The molecule has 0 aliphatic carbocycles. The fourth-order valence-electron chi connectivity index (χ4n) is 3.37. The summed E-state index contributed by atoms with van der Waals surface area (Å²) in [5.41, 5.74) is 1.47. The van der Waals surface area contributed by atoms with Crippen LogP contribution in [0.2, 0.25) is 0 Å². The van der Waals surface area contributed by atoms with E-state index in [-0.39, 0.29) is 0 Å². The van der Waals surface area contributed by atoms with Gasteiger partial charge in [-0.1, -0.05) is 64.9 Å². The molecule has 0 atom stereocenters. The van der Waals surface area contributed by atoms with Crippen LogP contribution < -0.4 is 4.57 Å². The van der Waals surface area contributed by atoms with Crippen molar-refractivity contribution < 1.29 is 4.57 Å². The molecule has 0 amide bonds. The van der Waals surface area contributed by atoms with Crippen molar-refractivity contribution in [1.82, 2.24) is 0 Å². The van der Waals surface area contributed by atoms with E-state index in [1.807, 2.05) is 6.08 Å². The van der Waals surface area contributed by atoms with Gasteiger partial charge in [-0.3, -0.25) is 0 Å². The highest BCUT2D eigenvalue weighted by Gasteiger charge is 2.23. The Morgan fingerprint density at radius 1 is 1.00 bits per heavy atom. The van der Waals surface area contributed by atoms with Gasteiger partial charge in [0.1, 0.15) is 0 Å². The number of rotatable bonds is 12. The van der Waals surface area contributed by atoms with E-state index in [0.717, 1.165) is 12.5 Å². The normalized spacial score (nSPS) is 20.5. The third-order valence-corrected chi connectivity index (χ3v) is 8.26. The Kier molecular flexibility index (Phi) is 10.8. The maximum absolute atomic E-state index is 3.80. The van der Waals surface area contributed by atoms with Gasteiger partial charge in [0.15, 0.2) is 18.9 Å². The van der Waals surface area contributed by atoms with Crippen molar-refractivity contribution in [3.8, 4) is 0 Å². The lowest BCUT2D eigenvalue weighted by atomic mass is 10.0. The van der Waals surface area contributed by atoms with Crippen LogP contribution in [0.25, 0.3) is 0 Å². The van der Waals surface area contributed by atoms with Gasteiger partial charge in [0.05, 0.1) is 4.58 Å². The standard InChI is InChI=1S/C22H36NS2/c1-3-5-6-7-8-9-10-11-12-20-18-24-22(25-19-20)21-13-16-23(15-4-2)17-14-21/h4,13-14,16-17,20,22H,2-3,5-12,15,18-19H2,1H3/q+1. The van der Waals surface area contributed by atoms with E-state index in [1.54, 1.807) is 0 Å². The molecule has 0 radical (unpaired) electrons. The number of thioether (sulfide) groups is 2. The summed E-state index contributed by atoms with van der Waals surface area (Å²) in [6, 6.07) is 4.57. The zero-order valence-corrected chi connectivity index (χ0v) is 17.6. The molecule has 140 valence electrons. The van der Waals surface area contributed by atoms with E-state index in [9.17, 15) is 0 Å². The number of pyridine rings is 1. The SMILES string of the molecule is C=CC[n+]1ccc(C2SCC(CCCCCCCCCC)CS2)cc1. The summed E-state index contributed by atoms with van der Waals surface area (Å²) < 4.78 is 2.81. The van der Waals surface area contributed by atoms with Gasteiger partial charge in [0.25, 0.3) is 0 Å². The highest BCUT2D eigenvalue weighted by Crippen LogP contribution is 2.46. The predicted molar refractivity (Wildman–Crippen MR) is 115 cm³/mol. The zero-order chi connectivity index (χ0) is 17.7. The summed E-state index contributed by atoms with van der Waals surface area (Å²) in [6.07, 6.45) is 19.2. The molecule has 2 heterocycles. The van der Waals surface area contributed by atoms with Gasteiger partial charge in [0, 0.05) is 12.1 Å². The van der Waals surface area contributed by atoms with Crippen molar-refractivity contribution in [3.63, 3.8) is 0 Å². The van der Waals surface area contributed by atoms with E-state index >= 15 is 0 Å². The van der Waals surface area contributed by atoms with Crippen LogP contribution in [0.5, 0.6) is 0 Å². The first-order chi connectivity index (χ1) is 12.3. The van der Waals surface area contributed by atoms with Crippen LogP contribution in [-0.4, -0.2) is 11.5 Å². The Bertz CT molecular complexity index is 463. The second-order valence-corrected chi connectivity index (χ2v) is 9.82. The molecule has 25 heavy (non-hydrogen) atoms. The van der Waals surface area contributed by atoms with E-state index in [4.69, 9.17) is 0 Å². The quantitative estimate of drug-likeness (QED) is 0.224. The van der Waals surface area contributed by atoms with Crippen molar-refractivity contribution in [3.05, 3.63) is 42.7 Å². The first-order valence-corrected chi connectivity index (χ1v) is 12.3. The van der Waals surface area contributed by atoms with Gasteiger partial charge < -0.3 is 0 Å². The molecule has 0 N–H and O–H groups in total. The summed E-state index contributed by atoms with van der Waals surface area (Å²) in [5, 5.41) is 0. The molecule has 0 bridgehead atoms. The van der Waals surface area contributed by atoms with Crippen LogP contribution in [0.15, 0.2) is 37.2 Å². The number of allylic oxidation sites excluding steroid dienone is 1. The van der Waals surface area contributed by atoms with Gasteiger partial charge >= 0.3 is 0 Å². The van der Waals surface area contributed by atoms with Crippen molar-refractivity contribution in [2.45, 2.75) is 75.8 Å². The molecule has 0 aromatic carbocycles. The molecule has 1 saturated heterocycles. The van der Waals surface area contributed by atoms with Crippen LogP contribution in [0.3, 0.4) is 0 Å². The summed E-state index contributed by atoms with van der Waals surface area (Å²) in [7, 11) is 0. The van der Waals surface area contributed by atoms with Crippen LogP contribution >= 0.6 is 23.5 Å². The summed E-state index contributed by atoms with van der Waals surface area (Å²) in [6.45, 7) is 6.99. The van der Waals surface area contributed by atoms with Crippen LogP contribution in [0.4, 0.5) is 0 Å². The summed E-state index contributed by atoms with van der Waals surface area (Å²) in [4.78, 5) is 0. The number of aromatic nitrogens is 1. The molecule has 0 spiro atoms. The minimum Gasteiger partial charge on any atom is -0.201 e.